The van der Waals surface area contributed by atoms with Crippen molar-refractivity contribution in [2.45, 2.75) is 25.0 Å². The number of piperidine rings is 1. The Morgan fingerprint density at radius 1 is 1.32 bits per heavy atom. The number of rotatable bonds is 8. The second kappa shape index (κ2) is 9.39. The van der Waals surface area contributed by atoms with Crippen molar-refractivity contribution in [1.29, 1.82) is 0 Å². The van der Waals surface area contributed by atoms with Crippen LogP contribution in [0.5, 0.6) is 0 Å². The van der Waals surface area contributed by atoms with Gasteiger partial charge in [-0.2, -0.15) is 0 Å². The van der Waals surface area contributed by atoms with Gasteiger partial charge in [-0.3, -0.25) is 4.90 Å². The molecule has 2 aliphatic rings. The molecule has 0 saturated carbocycles. The van der Waals surface area contributed by atoms with Crippen molar-refractivity contribution in [1.82, 2.24) is 14.7 Å². The molecule has 6 nitrogen and oxygen atoms in total. The average Bonchev–Trinajstić information content (AvgIpc) is 2.98. The molecule has 8 heteroatoms. The number of methoxy groups -OCH3 is 1. The summed E-state index contributed by atoms with van der Waals surface area (Å²) in [6, 6.07) is 4.94. The van der Waals surface area contributed by atoms with Crippen molar-refractivity contribution >= 4 is 17.7 Å². The van der Waals surface area contributed by atoms with Gasteiger partial charge in [0, 0.05) is 59.2 Å². The van der Waals surface area contributed by atoms with Crippen LogP contribution in [0.2, 0.25) is 5.02 Å². The molecule has 0 bridgehead atoms. The maximum atomic E-state index is 13.6. The molecule has 0 unspecified atom stereocenters. The second-order valence-corrected chi connectivity index (χ2v) is 8.20. The fourth-order valence-electron chi connectivity index (χ4n) is 3.79. The summed E-state index contributed by atoms with van der Waals surface area (Å²) in [4.78, 5) is 18.5. The van der Waals surface area contributed by atoms with Gasteiger partial charge in [-0.05, 0) is 24.7 Å². The van der Waals surface area contributed by atoms with E-state index in [9.17, 15) is 9.18 Å². The summed E-state index contributed by atoms with van der Waals surface area (Å²) < 4.78 is 24.5. The number of amides is 1. The van der Waals surface area contributed by atoms with E-state index < -0.39 is 0 Å². The Hall–Kier alpha value is -1.41. The van der Waals surface area contributed by atoms with Gasteiger partial charge in [-0.1, -0.05) is 17.7 Å². The highest BCUT2D eigenvalue weighted by atomic mass is 35.5. The van der Waals surface area contributed by atoms with Crippen molar-refractivity contribution < 1.29 is 18.7 Å². The van der Waals surface area contributed by atoms with E-state index >= 15 is 0 Å². The Morgan fingerprint density at radius 3 is 2.75 bits per heavy atom. The minimum Gasteiger partial charge on any atom is -0.441 e. The number of ether oxygens (including phenoxy) is 2. The van der Waals surface area contributed by atoms with Gasteiger partial charge in [0.15, 0.2) is 0 Å². The first-order valence-corrected chi connectivity index (χ1v) is 10.1. The summed E-state index contributed by atoms with van der Waals surface area (Å²) >= 11 is 5.75. The third-order valence-electron chi connectivity index (χ3n) is 5.63. The normalized spacial score (nSPS) is 19.6. The predicted molar refractivity (Wildman–Crippen MR) is 106 cm³/mol. The molecular weight excluding hydrogens is 385 g/mol. The summed E-state index contributed by atoms with van der Waals surface area (Å²) in [6.45, 7) is 5.93. The molecule has 0 N–H and O–H groups in total. The van der Waals surface area contributed by atoms with Crippen molar-refractivity contribution in [2.75, 3.05) is 60.0 Å². The van der Waals surface area contributed by atoms with Crippen LogP contribution in [0, 0.1) is 5.82 Å². The fourth-order valence-corrected chi connectivity index (χ4v) is 3.91. The second-order valence-electron chi connectivity index (χ2n) is 7.79. The van der Waals surface area contributed by atoms with Crippen molar-refractivity contribution in [2.24, 2.45) is 0 Å². The Bertz CT molecular complexity index is 683. The van der Waals surface area contributed by atoms with Crippen LogP contribution >= 0.6 is 11.6 Å². The molecule has 2 aliphatic heterocycles. The molecule has 28 heavy (non-hydrogen) atoms. The molecule has 0 atom stereocenters. The standard InChI is InChI=1S/C20H29ClFN3O3/c1-23(11-12-27-2)9-10-25-15-20(28-19(25)26)5-7-24(8-6-20)14-16-3-4-17(21)18(22)13-16/h3-4,13H,5-12,14-15H2,1-2H3. The number of likely N-dealkylation sites (N-methyl/N-ethyl adjacent to an activating group) is 1. The first-order valence-electron chi connectivity index (χ1n) is 9.72. The minimum atomic E-state index is -0.386. The van der Waals surface area contributed by atoms with Crippen molar-refractivity contribution in [3.8, 4) is 0 Å². The molecule has 0 aliphatic carbocycles. The van der Waals surface area contributed by atoms with E-state index in [1.54, 1.807) is 13.2 Å². The molecule has 1 aromatic rings. The molecule has 1 amide bonds. The number of carbonyl (C=O) groups is 1. The van der Waals surface area contributed by atoms with E-state index in [0.29, 0.717) is 26.2 Å². The molecule has 2 saturated heterocycles. The van der Waals surface area contributed by atoms with Gasteiger partial charge in [0.1, 0.15) is 11.4 Å². The number of nitrogens with zero attached hydrogens (tertiary/aromatic N) is 3. The van der Waals surface area contributed by atoms with Crippen molar-refractivity contribution in [3.05, 3.63) is 34.6 Å². The van der Waals surface area contributed by atoms with Crippen LogP contribution in [0.25, 0.3) is 0 Å². The molecular formula is C20H29ClFN3O3. The smallest absolute Gasteiger partial charge is 0.410 e. The average molecular weight is 414 g/mol. The monoisotopic (exact) mass is 413 g/mol. The maximum Gasteiger partial charge on any atom is 0.410 e. The highest BCUT2D eigenvalue weighted by Gasteiger charge is 2.46. The SMILES string of the molecule is COCCN(C)CCN1CC2(CCN(Cc3ccc(Cl)c(F)c3)CC2)OC1=O. The summed E-state index contributed by atoms with van der Waals surface area (Å²) in [5, 5.41) is 0.146. The number of benzene rings is 1. The Balaban J connectivity index is 1.47. The first-order chi connectivity index (χ1) is 13.4. The fraction of sp³-hybridized carbons (Fsp3) is 0.650. The van der Waals surface area contributed by atoms with Gasteiger partial charge < -0.3 is 19.3 Å². The number of halogens is 2. The molecule has 1 aromatic carbocycles. The van der Waals surface area contributed by atoms with Crippen LogP contribution in [-0.2, 0) is 16.0 Å². The van der Waals surface area contributed by atoms with Crippen LogP contribution in [0.3, 0.4) is 0 Å². The van der Waals surface area contributed by atoms with Crippen LogP contribution in [0.4, 0.5) is 9.18 Å². The zero-order valence-corrected chi connectivity index (χ0v) is 17.4. The summed E-state index contributed by atoms with van der Waals surface area (Å²) in [5.74, 6) is -0.386. The lowest BCUT2D eigenvalue weighted by atomic mass is 9.91. The number of hydrogen-bond donors (Lipinski definition) is 0. The van der Waals surface area contributed by atoms with Crippen LogP contribution < -0.4 is 0 Å². The molecule has 156 valence electrons. The Kier molecular flexibility index (Phi) is 7.15. The van der Waals surface area contributed by atoms with E-state index in [0.717, 1.165) is 44.6 Å². The van der Waals surface area contributed by atoms with E-state index in [-0.39, 0.29) is 22.5 Å². The highest BCUT2D eigenvalue weighted by Crippen LogP contribution is 2.33. The largest absolute Gasteiger partial charge is 0.441 e. The lowest BCUT2D eigenvalue weighted by Gasteiger charge is -2.37. The highest BCUT2D eigenvalue weighted by molar-refractivity contribution is 6.30. The summed E-state index contributed by atoms with van der Waals surface area (Å²) in [7, 11) is 3.71. The topological polar surface area (TPSA) is 45.2 Å². The van der Waals surface area contributed by atoms with Gasteiger partial charge in [-0.25, -0.2) is 9.18 Å². The van der Waals surface area contributed by atoms with E-state index in [4.69, 9.17) is 21.1 Å². The molecule has 0 radical (unpaired) electrons. The Morgan fingerprint density at radius 2 is 2.07 bits per heavy atom. The van der Waals surface area contributed by atoms with E-state index in [1.165, 1.54) is 6.07 Å². The van der Waals surface area contributed by atoms with Crippen molar-refractivity contribution in [3.63, 3.8) is 0 Å². The lowest BCUT2D eigenvalue weighted by molar-refractivity contribution is -0.00127. The van der Waals surface area contributed by atoms with Crippen LogP contribution in [0.1, 0.15) is 18.4 Å². The summed E-state index contributed by atoms with van der Waals surface area (Å²) in [6.07, 6.45) is 1.38. The first kappa shape index (κ1) is 21.3. The van der Waals surface area contributed by atoms with Gasteiger partial charge >= 0.3 is 6.09 Å². The van der Waals surface area contributed by atoms with Gasteiger partial charge in [0.05, 0.1) is 18.2 Å². The molecule has 2 heterocycles. The predicted octanol–water partition coefficient (Wildman–Crippen LogP) is 2.84. The molecule has 3 rings (SSSR count). The van der Waals surface area contributed by atoms with Crippen LogP contribution in [-0.4, -0.2) is 86.4 Å². The number of carbonyl (C=O) groups excluding carboxylic acids is 1. The van der Waals surface area contributed by atoms with Gasteiger partial charge in [0.2, 0.25) is 0 Å². The minimum absolute atomic E-state index is 0.146. The molecule has 0 aromatic heterocycles. The number of likely N-dealkylation sites (tertiary alicyclic amines) is 1. The maximum absolute atomic E-state index is 13.6. The third-order valence-corrected chi connectivity index (χ3v) is 5.93. The zero-order valence-electron chi connectivity index (χ0n) is 16.6. The third kappa shape index (κ3) is 5.35. The lowest BCUT2D eigenvalue weighted by Crippen LogP contribution is -2.47. The summed E-state index contributed by atoms with van der Waals surface area (Å²) in [5.41, 5.74) is 0.520. The Labute approximate surface area is 171 Å². The zero-order chi connectivity index (χ0) is 20.1. The number of hydrogen-bond acceptors (Lipinski definition) is 5. The quantitative estimate of drug-likeness (QED) is 0.655. The van der Waals surface area contributed by atoms with Gasteiger partial charge in [0.25, 0.3) is 0 Å². The van der Waals surface area contributed by atoms with Crippen LogP contribution in [0.15, 0.2) is 18.2 Å². The van der Waals surface area contributed by atoms with E-state index in [2.05, 4.69) is 9.80 Å². The van der Waals surface area contributed by atoms with E-state index in [1.807, 2.05) is 18.0 Å². The molecule has 1 spiro atoms. The molecule has 2 fully saturated rings. The van der Waals surface area contributed by atoms with Gasteiger partial charge in [-0.15, -0.1) is 0 Å².